The fourth-order valence-electron chi connectivity index (χ4n) is 1.12. The average Bonchev–Trinajstić information content (AvgIpc) is 1.82. The van der Waals surface area contributed by atoms with E-state index in [0.29, 0.717) is 6.04 Å². The van der Waals surface area contributed by atoms with Gasteiger partial charge in [0.05, 0.1) is 0 Å². The van der Waals surface area contributed by atoms with E-state index in [1.54, 1.807) is 11.9 Å². The molecular formula is C7H14N2O. The van der Waals surface area contributed by atoms with E-state index in [0.717, 1.165) is 0 Å². The lowest BCUT2D eigenvalue weighted by molar-refractivity contribution is 0.159. The molecule has 0 aromatic carbocycles. The van der Waals surface area contributed by atoms with Crippen LogP contribution in [0.25, 0.3) is 0 Å². The highest BCUT2D eigenvalue weighted by Crippen LogP contribution is 2.23. The Kier molecular flexibility index (Phi) is 2.14. The standard InChI is InChI=1S/C7H14N2O/c1-8-7(10)9(2)6-4-3-5-6/h6H,3-5H2,1-2H3,(H,8,10). The molecule has 0 saturated heterocycles. The van der Waals surface area contributed by atoms with E-state index in [-0.39, 0.29) is 6.03 Å². The molecule has 3 nitrogen and oxygen atoms in total. The smallest absolute Gasteiger partial charge is 0.317 e. The van der Waals surface area contributed by atoms with Crippen LogP contribution < -0.4 is 5.32 Å². The molecule has 58 valence electrons. The number of rotatable bonds is 1. The topological polar surface area (TPSA) is 32.3 Å². The Labute approximate surface area is 61.4 Å². The van der Waals surface area contributed by atoms with Crippen molar-refractivity contribution in [2.75, 3.05) is 14.1 Å². The van der Waals surface area contributed by atoms with Crippen molar-refractivity contribution in [3.05, 3.63) is 0 Å². The first kappa shape index (κ1) is 7.38. The predicted molar refractivity (Wildman–Crippen MR) is 39.9 cm³/mol. The zero-order valence-corrected chi connectivity index (χ0v) is 6.55. The first-order valence-corrected chi connectivity index (χ1v) is 3.70. The molecule has 0 radical (unpaired) electrons. The molecule has 1 N–H and O–H groups in total. The third-order valence-corrected chi connectivity index (χ3v) is 2.16. The summed E-state index contributed by atoms with van der Waals surface area (Å²) < 4.78 is 0. The number of carbonyl (C=O) groups is 1. The third-order valence-electron chi connectivity index (χ3n) is 2.16. The van der Waals surface area contributed by atoms with E-state index in [9.17, 15) is 4.79 Å². The normalized spacial score (nSPS) is 17.8. The molecule has 3 heteroatoms. The van der Waals surface area contributed by atoms with E-state index < -0.39 is 0 Å². The van der Waals surface area contributed by atoms with Crippen molar-refractivity contribution in [1.29, 1.82) is 0 Å². The van der Waals surface area contributed by atoms with Gasteiger partial charge < -0.3 is 10.2 Å². The molecule has 0 bridgehead atoms. The minimum Gasteiger partial charge on any atom is -0.341 e. The van der Waals surface area contributed by atoms with Crippen LogP contribution in [0.4, 0.5) is 4.79 Å². The Morgan fingerprint density at radius 3 is 2.50 bits per heavy atom. The number of amides is 2. The van der Waals surface area contributed by atoms with Crippen molar-refractivity contribution in [1.82, 2.24) is 10.2 Å². The van der Waals surface area contributed by atoms with Gasteiger partial charge in [-0.1, -0.05) is 0 Å². The van der Waals surface area contributed by atoms with E-state index in [1.165, 1.54) is 19.3 Å². The molecule has 0 spiro atoms. The summed E-state index contributed by atoms with van der Waals surface area (Å²) >= 11 is 0. The van der Waals surface area contributed by atoms with Gasteiger partial charge >= 0.3 is 6.03 Å². The molecule has 1 saturated carbocycles. The Morgan fingerprint density at radius 2 is 2.20 bits per heavy atom. The molecule has 0 heterocycles. The highest BCUT2D eigenvalue weighted by molar-refractivity contribution is 5.73. The van der Waals surface area contributed by atoms with Gasteiger partial charge in [-0.15, -0.1) is 0 Å². The molecule has 1 fully saturated rings. The van der Waals surface area contributed by atoms with Crippen LogP contribution >= 0.6 is 0 Å². The lowest BCUT2D eigenvalue weighted by Gasteiger charge is -2.34. The second-order valence-corrected chi connectivity index (χ2v) is 2.75. The molecule has 1 aliphatic carbocycles. The van der Waals surface area contributed by atoms with E-state index >= 15 is 0 Å². The fraction of sp³-hybridized carbons (Fsp3) is 0.857. The van der Waals surface area contributed by atoms with Crippen LogP contribution in [0.15, 0.2) is 0 Å². The van der Waals surface area contributed by atoms with Gasteiger partial charge in [0.25, 0.3) is 0 Å². The van der Waals surface area contributed by atoms with Gasteiger partial charge in [0.2, 0.25) is 0 Å². The maximum atomic E-state index is 11.0. The summed E-state index contributed by atoms with van der Waals surface area (Å²) in [5.41, 5.74) is 0. The number of urea groups is 1. The van der Waals surface area contributed by atoms with Gasteiger partial charge in [-0.25, -0.2) is 4.79 Å². The summed E-state index contributed by atoms with van der Waals surface area (Å²) in [6.45, 7) is 0. The summed E-state index contributed by atoms with van der Waals surface area (Å²) in [6, 6.07) is 0.532. The highest BCUT2D eigenvalue weighted by atomic mass is 16.2. The van der Waals surface area contributed by atoms with Gasteiger partial charge in [0.1, 0.15) is 0 Å². The zero-order chi connectivity index (χ0) is 7.56. The third kappa shape index (κ3) is 1.23. The fourth-order valence-corrected chi connectivity index (χ4v) is 1.12. The summed E-state index contributed by atoms with van der Waals surface area (Å²) in [5, 5.41) is 2.60. The quantitative estimate of drug-likeness (QED) is 0.577. The van der Waals surface area contributed by atoms with Gasteiger partial charge in [-0.3, -0.25) is 0 Å². The van der Waals surface area contributed by atoms with Crippen LogP contribution in [0.3, 0.4) is 0 Å². The Morgan fingerprint density at radius 1 is 1.60 bits per heavy atom. The second kappa shape index (κ2) is 2.90. The minimum atomic E-state index is 0.0321. The largest absolute Gasteiger partial charge is 0.341 e. The maximum Gasteiger partial charge on any atom is 0.317 e. The number of hydrogen-bond donors (Lipinski definition) is 1. The molecule has 10 heavy (non-hydrogen) atoms. The molecule has 0 unspecified atom stereocenters. The van der Waals surface area contributed by atoms with Crippen molar-refractivity contribution in [3.8, 4) is 0 Å². The number of nitrogens with zero attached hydrogens (tertiary/aromatic N) is 1. The van der Waals surface area contributed by atoms with Crippen LogP contribution in [0.1, 0.15) is 19.3 Å². The molecule has 0 atom stereocenters. The van der Waals surface area contributed by atoms with Crippen molar-refractivity contribution < 1.29 is 4.79 Å². The summed E-state index contributed by atoms with van der Waals surface area (Å²) in [4.78, 5) is 12.7. The molecule has 1 aliphatic rings. The Balaban J connectivity index is 2.31. The first-order chi connectivity index (χ1) is 4.75. The van der Waals surface area contributed by atoms with Crippen molar-refractivity contribution >= 4 is 6.03 Å². The zero-order valence-electron chi connectivity index (χ0n) is 6.55. The first-order valence-electron chi connectivity index (χ1n) is 3.70. The lowest BCUT2D eigenvalue weighted by Crippen LogP contribution is -2.45. The Hall–Kier alpha value is -0.730. The molecule has 1 rings (SSSR count). The SMILES string of the molecule is CNC(=O)N(C)C1CCC1. The van der Waals surface area contributed by atoms with Crippen LogP contribution in [-0.4, -0.2) is 31.1 Å². The summed E-state index contributed by atoms with van der Waals surface area (Å²) in [5.74, 6) is 0. The van der Waals surface area contributed by atoms with E-state index in [4.69, 9.17) is 0 Å². The van der Waals surface area contributed by atoms with Crippen molar-refractivity contribution in [2.45, 2.75) is 25.3 Å². The summed E-state index contributed by atoms with van der Waals surface area (Å²) in [6.07, 6.45) is 3.61. The molecule has 0 aromatic heterocycles. The van der Waals surface area contributed by atoms with Crippen LogP contribution in [-0.2, 0) is 0 Å². The van der Waals surface area contributed by atoms with E-state index in [1.807, 2.05) is 7.05 Å². The number of carbonyl (C=O) groups excluding carboxylic acids is 1. The monoisotopic (exact) mass is 142 g/mol. The Bertz CT molecular complexity index is 132. The van der Waals surface area contributed by atoms with Crippen LogP contribution in [0.5, 0.6) is 0 Å². The van der Waals surface area contributed by atoms with Crippen molar-refractivity contribution in [3.63, 3.8) is 0 Å². The van der Waals surface area contributed by atoms with Crippen LogP contribution in [0, 0.1) is 0 Å². The highest BCUT2D eigenvalue weighted by Gasteiger charge is 2.24. The van der Waals surface area contributed by atoms with Gasteiger partial charge in [-0.2, -0.15) is 0 Å². The number of nitrogens with one attached hydrogen (secondary N) is 1. The van der Waals surface area contributed by atoms with E-state index in [2.05, 4.69) is 5.32 Å². The number of hydrogen-bond acceptors (Lipinski definition) is 1. The predicted octanol–water partition coefficient (Wildman–Crippen LogP) is 0.810. The van der Waals surface area contributed by atoms with Crippen LogP contribution in [0.2, 0.25) is 0 Å². The maximum absolute atomic E-state index is 11.0. The molecule has 2 amide bonds. The summed E-state index contributed by atoms with van der Waals surface area (Å²) in [7, 11) is 3.51. The lowest BCUT2D eigenvalue weighted by atomic mass is 9.92. The van der Waals surface area contributed by atoms with Crippen molar-refractivity contribution in [2.24, 2.45) is 0 Å². The average molecular weight is 142 g/mol. The second-order valence-electron chi connectivity index (χ2n) is 2.75. The van der Waals surface area contributed by atoms with Gasteiger partial charge in [-0.05, 0) is 19.3 Å². The minimum absolute atomic E-state index is 0.0321. The molecular weight excluding hydrogens is 128 g/mol. The molecule has 0 aromatic rings. The van der Waals surface area contributed by atoms with Gasteiger partial charge in [0, 0.05) is 20.1 Å². The van der Waals surface area contributed by atoms with Gasteiger partial charge in [0.15, 0.2) is 0 Å². The molecule has 0 aliphatic heterocycles.